The Labute approximate surface area is 104 Å². The minimum absolute atomic E-state index is 0.0638. The second kappa shape index (κ2) is 4.18. The Bertz CT molecular complexity index is 657. The Morgan fingerprint density at radius 2 is 2.33 bits per heavy atom. The van der Waals surface area contributed by atoms with Crippen LogP contribution in [0, 0.1) is 6.92 Å². The zero-order valence-corrected chi connectivity index (χ0v) is 10.3. The van der Waals surface area contributed by atoms with Crippen LogP contribution in [0.25, 0.3) is 5.52 Å². The highest BCUT2D eigenvalue weighted by Gasteiger charge is 2.11. The van der Waals surface area contributed by atoms with E-state index in [1.807, 2.05) is 42.8 Å². The number of nitrogens with zero attached hydrogens (tertiary/aromatic N) is 3. The van der Waals surface area contributed by atoms with Crippen LogP contribution < -0.4 is 5.32 Å². The summed E-state index contributed by atoms with van der Waals surface area (Å²) in [5, 5.41) is 7.69. The maximum Gasteiger partial charge on any atom is 0.152 e. The van der Waals surface area contributed by atoms with Crippen LogP contribution >= 0.6 is 0 Å². The predicted octanol–water partition coefficient (Wildman–Crippen LogP) is 2.80. The largest absolute Gasteiger partial charge is 0.467 e. The van der Waals surface area contributed by atoms with E-state index in [0.29, 0.717) is 0 Å². The molecule has 0 amide bonds. The van der Waals surface area contributed by atoms with Crippen LogP contribution in [0.4, 0.5) is 5.82 Å². The minimum Gasteiger partial charge on any atom is -0.467 e. The van der Waals surface area contributed by atoms with Crippen molar-refractivity contribution in [3.8, 4) is 0 Å². The summed E-state index contributed by atoms with van der Waals surface area (Å²) in [6.07, 6.45) is 5.24. The summed E-state index contributed by atoms with van der Waals surface area (Å²) < 4.78 is 7.19. The number of nitrogens with one attached hydrogen (secondary N) is 1. The van der Waals surface area contributed by atoms with Crippen LogP contribution in [0.2, 0.25) is 0 Å². The number of hydrogen-bond acceptors (Lipinski definition) is 4. The molecule has 0 saturated heterocycles. The summed E-state index contributed by atoms with van der Waals surface area (Å²) in [7, 11) is 0. The first-order valence-electron chi connectivity index (χ1n) is 5.85. The number of furan rings is 1. The Morgan fingerprint density at radius 1 is 1.44 bits per heavy atom. The molecule has 92 valence electrons. The Hall–Kier alpha value is -2.30. The van der Waals surface area contributed by atoms with Gasteiger partial charge in [-0.25, -0.2) is 9.50 Å². The average Bonchev–Trinajstić information content (AvgIpc) is 2.96. The lowest BCUT2D eigenvalue weighted by Crippen LogP contribution is -2.08. The highest BCUT2D eigenvalue weighted by molar-refractivity contribution is 5.68. The number of rotatable bonds is 3. The summed E-state index contributed by atoms with van der Waals surface area (Å²) in [5.74, 6) is 1.69. The number of aryl methyl sites for hydroxylation is 1. The molecule has 0 bridgehead atoms. The Kier molecular flexibility index (Phi) is 2.51. The first-order chi connectivity index (χ1) is 8.74. The van der Waals surface area contributed by atoms with Crippen molar-refractivity contribution in [2.75, 3.05) is 5.32 Å². The third-order valence-electron chi connectivity index (χ3n) is 2.84. The number of hydrogen-bond donors (Lipinski definition) is 1. The normalized spacial score (nSPS) is 12.8. The summed E-state index contributed by atoms with van der Waals surface area (Å²) in [6, 6.07) is 5.89. The van der Waals surface area contributed by atoms with Crippen LogP contribution in [-0.4, -0.2) is 14.6 Å². The second-order valence-electron chi connectivity index (χ2n) is 4.27. The van der Waals surface area contributed by atoms with E-state index in [1.165, 1.54) is 0 Å². The highest BCUT2D eigenvalue weighted by Crippen LogP contribution is 2.21. The fraction of sp³-hybridized carbons (Fsp3) is 0.231. The number of anilines is 1. The van der Waals surface area contributed by atoms with Gasteiger partial charge in [-0.15, -0.1) is 0 Å². The topological polar surface area (TPSA) is 55.4 Å². The Balaban J connectivity index is 1.95. The number of aromatic nitrogens is 3. The molecule has 0 aromatic carbocycles. The van der Waals surface area contributed by atoms with Gasteiger partial charge in [-0.3, -0.25) is 0 Å². The molecule has 18 heavy (non-hydrogen) atoms. The summed E-state index contributed by atoms with van der Waals surface area (Å²) in [6.45, 7) is 4.00. The first kappa shape index (κ1) is 10.8. The third-order valence-corrected chi connectivity index (χ3v) is 2.84. The van der Waals surface area contributed by atoms with Gasteiger partial charge in [0.2, 0.25) is 0 Å². The van der Waals surface area contributed by atoms with Crippen LogP contribution in [0.1, 0.15) is 24.4 Å². The van der Waals surface area contributed by atoms with Crippen LogP contribution in [0.15, 0.2) is 41.3 Å². The van der Waals surface area contributed by atoms with Gasteiger partial charge in [0.1, 0.15) is 11.3 Å². The monoisotopic (exact) mass is 242 g/mol. The molecule has 1 atom stereocenters. The van der Waals surface area contributed by atoms with E-state index in [4.69, 9.17) is 4.42 Å². The number of fused-ring (bicyclic) bond motifs is 1. The molecule has 0 fully saturated rings. The highest BCUT2D eigenvalue weighted by atomic mass is 16.3. The molecule has 3 aromatic heterocycles. The zero-order chi connectivity index (χ0) is 12.5. The molecule has 3 heterocycles. The molecule has 3 aromatic rings. The van der Waals surface area contributed by atoms with Crippen molar-refractivity contribution in [1.29, 1.82) is 0 Å². The van der Waals surface area contributed by atoms with Gasteiger partial charge < -0.3 is 9.73 Å². The van der Waals surface area contributed by atoms with E-state index in [0.717, 1.165) is 22.8 Å². The average molecular weight is 242 g/mol. The van der Waals surface area contributed by atoms with Gasteiger partial charge in [0.05, 0.1) is 18.0 Å². The standard InChI is InChI=1S/C13H14N4O/c1-9-8-11-13(14-5-6-17(11)16-9)15-10(2)12-4-3-7-18-12/h3-8,10H,1-2H3,(H,14,15). The summed E-state index contributed by atoms with van der Waals surface area (Å²) in [5.41, 5.74) is 1.94. The van der Waals surface area contributed by atoms with Gasteiger partial charge >= 0.3 is 0 Å². The Morgan fingerprint density at radius 3 is 3.11 bits per heavy atom. The van der Waals surface area contributed by atoms with Gasteiger partial charge in [-0.2, -0.15) is 5.10 Å². The molecule has 5 nitrogen and oxygen atoms in total. The molecule has 0 radical (unpaired) electrons. The molecule has 0 aliphatic heterocycles. The van der Waals surface area contributed by atoms with Crippen LogP contribution in [-0.2, 0) is 0 Å². The lowest BCUT2D eigenvalue weighted by molar-refractivity contribution is 0.490. The van der Waals surface area contributed by atoms with Gasteiger partial charge in [-0.1, -0.05) is 0 Å². The molecule has 3 rings (SSSR count). The van der Waals surface area contributed by atoms with E-state index in [9.17, 15) is 0 Å². The molecule has 1 N–H and O–H groups in total. The van der Waals surface area contributed by atoms with E-state index >= 15 is 0 Å². The van der Waals surface area contributed by atoms with E-state index in [1.54, 1.807) is 12.5 Å². The molecular formula is C13H14N4O. The van der Waals surface area contributed by atoms with E-state index in [-0.39, 0.29) is 6.04 Å². The van der Waals surface area contributed by atoms with Gasteiger partial charge in [0.25, 0.3) is 0 Å². The first-order valence-corrected chi connectivity index (χ1v) is 5.85. The van der Waals surface area contributed by atoms with Crippen molar-refractivity contribution >= 4 is 11.3 Å². The van der Waals surface area contributed by atoms with Crippen LogP contribution in [0.5, 0.6) is 0 Å². The van der Waals surface area contributed by atoms with Crippen molar-refractivity contribution in [1.82, 2.24) is 14.6 Å². The summed E-state index contributed by atoms with van der Waals surface area (Å²) >= 11 is 0. The fourth-order valence-electron chi connectivity index (χ4n) is 1.97. The van der Waals surface area contributed by atoms with Crippen LogP contribution in [0.3, 0.4) is 0 Å². The maximum absolute atomic E-state index is 5.37. The molecule has 0 spiro atoms. The summed E-state index contributed by atoms with van der Waals surface area (Å²) in [4.78, 5) is 4.36. The van der Waals surface area contributed by atoms with Gasteiger partial charge in [0, 0.05) is 12.4 Å². The van der Waals surface area contributed by atoms with Gasteiger partial charge in [0.15, 0.2) is 5.82 Å². The van der Waals surface area contributed by atoms with Gasteiger partial charge in [-0.05, 0) is 32.0 Å². The predicted molar refractivity (Wildman–Crippen MR) is 68.5 cm³/mol. The third kappa shape index (κ3) is 1.84. The minimum atomic E-state index is 0.0638. The lowest BCUT2D eigenvalue weighted by atomic mass is 10.2. The van der Waals surface area contributed by atoms with Crippen molar-refractivity contribution in [2.24, 2.45) is 0 Å². The smallest absolute Gasteiger partial charge is 0.152 e. The van der Waals surface area contributed by atoms with E-state index < -0.39 is 0 Å². The quantitative estimate of drug-likeness (QED) is 0.767. The molecule has 0 saturated carbocycles. The van der Waals surface area contributed by atoms with Crippen molar-refractivity contribution in [3.63, 3.8) is 0 Å². The maximum atomic E-state index is 5.37. The molecule has 1 unspecified atom stereocenters. The SMILES string of the molecule is Cc1cc2c(NC(C)c3ccco3)nccn2n1. The lowest BCUT2D eigenvalue weighted by Gasteiger charge is -2.12. The molecule has 5 heteroatoms. The van der Waals surface area contributed by atoms with E-state index in [2.05, 4.69) is 15.4 Å². The fourth-order valence-corrected chi connectivity index (χ4v) is 1.97. The molecular weight excluding hydrogens is 228 g/mol. The van der Waals surface area contributed by atoms with Crippen molar-refractivity contribution in [3.05, 3.63) is 48.3 Å². The van der Waals surface area contributed by atoms with Crippen molar-refractivity contribution in [2.45, 2.75) is 19.9 Å². The molecule has 0 aliphatic carbocycles. The second-order valence-corrected chi connectivity index (χ2v) is 4.27. The molecule has 0 aliphatic rings. The van der Waals surface area contributed by atoms with Crippen molar-refractivity contribution < 1.29 is 4.42 Å². The zero-order valence-electron chi connectivity index (χ0n) is 10.3.